The molecule has 128 valence electrons. The molecule has 25 heavy (non-hydrogen) atoms. The summed E-state index contributed by atoms with van der Waals surface area (Å²) in [5, 5.41) is 9.05. The second kappa shape index (κ2) is 7.91. The molecule has 1 aliphatic rings. The van der Waals surface area contributed by atoms with Crippen molar-refractivity contribution in [1.29, 1.82) is 5.26 Å². The Hall–Kier alpha value is -2.71. The van der Waals surface area contributed by atoms with E-state index in [1.807, 2.05) is 30.3 Å². The molecule has 1 aromatic heterocycles. The van der Waals surface area contributed by atoms with Crippen LogP contribution in [-0.4, -0.2) is 42.0 Å². The smallest absolute Gasteiger partial charge is 0.276 e. The molecule has 1 amide bonds. The number of nitrogens with zero attached hydrogens (tertiary/aromatic N) is 4. The van der Waals surface area contributed by atoms with Crippen LogP contribution in [-0.2, 0) is 0 Å². The zero-order chi connectivity index (χ0) is 17.6. The van der Waals surface area contributed by atoms with E-state index in [0.717, 1.165) is 25.3 Å². The summed E-state index contributed by atoms with van der Waals surface area (Å²) in [6.07, 6.45) is 2.46. The lowest BCUT2D eigenvalue weighted by molar-refractivity contribution is 0.0979. The summed E-state index contributed by atoms with van der Waals surface area (Å²) in [5.74, 6) is -0.127. The molecule has 2 heterocycles. The quantitative estimate of drug-likeness (QED) is 0.843. The van der Waals surface area contributed by atoms with Crippen LogP contribution in [0, 0.1) is 18.3 Å². The van der Waals surface area contributed by atoms with Gasteiger partial charge in [-0.15, -0.1) is 0 Å². The average molecular weight is 334 g/mol. The molecule has 0 N–H and O–H groups in total. The highest BCUT2D eigenvalue weighted by Crippen LogP contribution is 2.18. The highest BCUT2D eigenvalue weighted by atomic mass is 16.2. The van der Waals surface area contributed by atoms with Crippen LogP contribution in [0.2, 0.25) is 0 Å². The van der Waals surface area contributed by atoms with Crippen LogP contribution < -0.4 is 4.90 Å². The lowest BCUT2D eigenvalue weighted by Gasteiger charge is -2.25. The number of aromatic nitrogens is 1. The lowest BCUT2D eigenvalue weighted by Crippen LogP contribution is -2.38. The van der Waals surface area contributed by atoms with E-state index in [4.69, 9.17) is 5.26 Å². The van der Waals surface area contributed by atoms with Crippen molar-refractivity contribution in [2.24, 2.45) is 0 Å². The van der Waals surface area contributed by atoms with Crippen molar-refractivity contribution in [2.75, 3.05) is 31.1 Å². The van der Waals surface area contributed by atoms with Gasteiger partial charge < -0.3 is 9.80 Å². The van der Waals surface area contributed by atoms with Crippen molar-refractivity contribution >= 4 is 11.6 Å². The summed E-state index contributed by atoms with van der Waals surface area (Å²) in [6.45, 7) is 5.45. The van der Waals surface area contributed by atoms with Gasteiger partial charge >= 0.3 is 0 Å². The minimum absolute atomic E-state index is 0.127. The summed E-state index contributed by atoms with van der Waals surface area (Å²) in [6, 6.07) is 15.1. The summed E-state index contributed by atoms with van der Waals surface area (Å²) in [7, 11) is 0. The van der Waals surface area contributed by atoms with E-state index in [1.54, 1.807) is 24.0 Å². The van der Waals surface area contributed by atoms with Gasteiger partial charge in [0.15, 0.2) is 0 Å². The predicted molar refractivity (Wildman–Crippen MR) is 97.5 cm³/mol. The first-order valence-electron chi connectivity index (χ1n) is 8.66. The zero-order valence-corrected chi connectivity index (χ0v) is 14.5. The molecule has 0 saturated carbocycles. The fraction of sp³-hybridized carbons (Fsp3) is 0.350. The van der Waals surface area contributed by atoms with Crippen molar-refractivity contribution in [3.8, 4) is 6.07 Å². The van der Waals surface area contributed by atoms with Crippen LogP contribution in [0.3, 0.4) is 0 Å². The number of carbonyl (C=O) groups is 1. The maximum atomic E-state index is 13.1. The maximum Gasteiger partial charge on any atom is 0.276 e. The third kappa shape index (κ3) is 4.04. The van der Waals surface area contributed by atoms with Gasteiger partial charge in [0, 0.05) is 18.8 Å². The molecule has 0 aliphatic carbocycles. The standard InChI is InChI=1S/C20H22N4O/c1-16-17(15-21)9-10-19(22-16)20(25)24(18-7-3-2-4-8-18)14-13-23-11-5-6-12-23/h2-4,7-10H,5-6,11-14H2,1H3. The number of pyridine rings is 1. The normalized spacial score (nSPS) is 14.2. The second-order valence-corrected chi connectivity index (χ2v) is 6.28. The highest BCUT2D eigenvalue weighted by molar-refractivity contribution is 6.04. The van der Waals surface area contributed by atoms with E-state index < -0.39 is 0 Å². The molecule has 1 aliphatic heterocycles. The summed E-state index contributed by atoms with van der Waals surface area (Å²) >= 11 is 0. The number of rotatable bonds is 5. The van der Waals surface area contributed by atoms with Crippen molar-refractivity contribution < 1.29 is 4.79 Å². The molecule has 1 saturated heterocycles. The first-order valence-corrected chi connectivity index (χ1v) is 8.66. The molecule has 0 spiro atoms. The van der Waals surface area contributed by atoms with E-state index in [9.17, 15) is 4.79 Å². The summed E-state index contributed by atoms with van der Waals surface area (Å²) < 4.78 is 0. The fourth-order valence-electron chi connectivity index (χ4n) is 3.14. The van der Waals surface area contributed by atoms with Gasteiger partial charge in [0.05, 0.1) is 11.3 Å². The van der Waals surface area contributed by atoms with E-state index in [1.165, 1.54) is 12.8 Å². The fourth-order valence-corrected chi connectivity index (χ4v) is 3.14. The molecule has 1 fully saturated rings. The van der Waals surface area contributed by atoms with Gasteiger partial charge in [-0.1, -0.05) is 18.2 Å². The van der Waals surface area contributed by atoms with E-state index >= 15 is 0 Å². The first kappa shape index (κ1) is 17.1. The Morgan fingerprint density at radius 3 is 2.56 bits per heavy atom. The number of likely N-dealkylation sites (tertiary alicyclic amines) is 1. The van der Waals surface area contributed by atoms with Crippen molar-refractivity contribution in [3.63, 3.8) is 0 Å². The van der Waals surface area contributed by atoms with Crippen LogP contribution in [0.5, 0.6) is 0 Å². The first-order chi connectivity index (χ1) is 12.2. The number of aryl methyl sites for hydroxylation is 1. The summed E-state index contributed by atoms with van der Waals surface area (Å²) in [5.41, 5.74) is 2.33. The van der Waals surface area contributed by atoms with Gasteiger partial charge in [-0.3, -0.25) is 4.79 Å². The number of para-hydroxylation sites is 1. The Bertz CT molecular complexity index is 776. The van der Waals surface area contributed by atoms with Crippen LogP contribution in [0.1, 0.15) is 34.6 Å². The van der Waals surface area contributed by atoms with Crippen LogP contribution in [0.4, 0.5) is 5.69 Å². The molecule has 5 heteroatoms. The highest BCUT2D eigenvalue weighted by Gasteiger charge is 2.21. The van der Waals surface area contributed by atoms with Gasteiger partial charge in [-0.25, -0.2) is 4.98 Å². The maximum absolute atomic E-state index is 13.1. The van der Waals surface area contributed by atoms with Crippen molar-refractivity contribution in [1.82, 2.24) is 9.88 Å². The molecule has 0 radical (unpaired) electrons. The number of nitriles is 1. The Morgan fingerprint density at radius 2 is 1.92 bits per heavy atom. The number of amides is 1. The Morgan fingerprint density at radius 1 is 1.20 bits per heavy atom. The van der Waals surface area contributed by atoms with Gasteiger partial charge in [-0.05, 0) is 57.1 Å². The topological polar surface area (TPSA) is 60.2 Å². The summed E-state index contributed by atoms with van der Waals surface area (Å²) in [4.78, 5) is 21.6. The molecule has 2 aromatic rings. The molecule has 5 nitrogen and oxygen atoms in total. The zero-order valence-electron chi connectivity index (χ0n) is 14.5. The molecule has 1 aromatic carbocycles. The number of hydrogen-bond donors (Lipinski definition) is 0. The number of anilines is 1. The van der Waals surface area contributed by atoms with Gasteiger partial charge in [0.25, 0.3) is 5.91 Å². The van der Waals surface area contributed by atoms with Gasteiger partial charge in [0.2, 0.25) is 0 Å². The third-order valence-electron chi connectivity index (χ3n) is 4.58. The van der Waals surface area contributed by atoms with Gasteiger partial charge in [-0.2, -0.15) is 5.26 Å². The average Bonchev–Trinajstić information content (AvgIpc) is 3.16. The van der Waals surface area contributed by atoms with Crippen LogP contribution in [0.25, 0.3) is 0 Å². The Labute approximate surface area is 148 Å². The lowest BCUT2D eigenvalue weighted by atomic mass is 10.2. The van der Waals surface area contributed by atoms with E-state index in [0.29, 0.717) is 23.5 Å². The molecular weight excluding hydrogens is 312 g/mol. The largest absolute Gasteiger partial charge is 0.306 e. The molecule has 3 rings (SSSR count). The van der Waals surface area contributed by atoms with Crippen LogP contribution >= 0.6 is 0 Å². The molecule has 0 unspecified atom stereocenters. The number of hydrogen-bond acceptors (Lipinski definition) is 4. The monoisotopic (exact) mass is 334 g/mol. The minimum atomic E-state index is -0.127. The third-order valence-corrected chi connectivity index (χ3v) is 4.58. The molecule has 0 bridgehead atoms. The van der Waals surface area contributed by atoms with Gasteiger partial charge in [0.1, 0.15) is 11.8 Å². The second-order valence-electron chi connectivity index (χ2n) is 6.28. The molecular formula is C20H22N4O. The minimum Gasteiger partial charge on any atom is -0.306 e. The number of benzene rings is 1. The molecule has 0 atom stereocenters. The predicted octanol–water partition coefficient (Wildman–Crippen LogP) is 3.00. The van der Waals surface area contributed by atoms with Crippen molar-refractivity contribution in [2.45, 2.75) is 19.8 Å². The Kier molecular flexibility index (Phi) is 5.42. The van der Waals surface area contributed by atoms with Crippen molar-refractivity contribution in [3.05, 3.63) is 59.4 Å². The van der Waals surface area contributed by atoms with E-state index in [2.05, 4.69) is 16.0 Å². The number of carbonyl (C=O) groups excluding carboxylic acids is 1. The Balaban J connectivity index is 1.83. The van der Waals surface area contributed by atoms with Crippen LogP contribution in [0.15, 0.2) is 42.5 Å². The van der Waals surface area contributed by atoms with E-state index in [-0.39, 0.29) is 5.91 Å². The SMILES string of the molecule is Cc1nc(C(=O)N(CCN2CCCC2)c2ccccc2)ccc1C#N.